The molecule has 2 heterocycles. The molecule has 2 rings (SSSR count). The zero-order chi connectivity index (χ0) is 12.3. The van der Waals surface area contributed by atoms with Crippen LogP contribution in [0, 0.1) is 0 Å². The number of carbonyl (C=O) groups excluding carboxylic acids is 1. The van der Waals surface area contributed by atoms with Gasteiger partial charge in [0.15, 0.2) is 0 Å². The monoisotopic (exact) mass is 252 g/mol. The number of nitrogens with zero attached hydrogens (tertiary/aromatic N) is 2. The SMILES string of the molecule is CC(Cn1ccnc1)NC(=O)c1cc(Cl)c[nH]1. The summed E-state index contributed by atoms with van der Waals surface area (Å²) in [5, 5.41) is 3.40. The predicted octanol–water partition coefficient (Wildman–Crippen LogP) is 1.68. The molecule has 0 fully saturated rings. The lowest BCUT2D eigenvalue weighted by Crippen LogP contribution is -2.35. The van der Waals surface area contributed by atoms with Gasteiger partial charge in [-0.25, -0.2) is 4.98 Å². The largest absolute Gasteiger partial charge is 0.356 e. The third-order valence-corrected chi connectivity index (χ3v) is 2.53. The molecule has 6 heteroatoms. The highest BCUT2D eigenvalue weighted by molar-refractivity contribution is 6.30. The molecule has 2 aromatic rings. The maximum absolute atomic E-state index is 11.8. The van der Waals surface area contributed by atoms with Crippen molar-refractivity contribution in [3.63, 3.8) is 0 Å². The molecule has 0 aliphatic heterocycles. The number of hydrogen-bond acceptors (Lipinski definition) is 2. The highest BCUT2D eigenvalue weighted by Gasteiger charge is 2.11. The van der Waals surface area contributed by atoms with Crippen LogP contribution in [-0.4, -0.2) is 26.5 Å². The molecule has 17 heavy (non-hydrogen) atoms. The van der Waals surface area contributed by atoms with Crippen molar-refractivity contribution in [2.75, 3.05) is 0 Å². The Hall–Kier alpha value is -1.75. The zero-order valence-corrected chi connectivity index (χ0v) is 10.1. The Morgan fingerprint density at radius 1 is 1.71 bits per heavy atom. The summed E-state index contributed by atoms with van der Waals surface area (Å²) >= 11 is 5.73. The van der Waals surface area contributed by atoms with E-state index in [4.69, 9.17) is 11.6 Å². The summed E-state index contributed by atoms with van der Waals surface area (Å²) in [6, 6.07) is 1.61. The smallest absolute Gasteiger partial charge is 0.268 e. The van der Waals surface area contributed by atoms with E-state index in [1.165, 1.54) is 0 Å². The van der Waals surface area contributed by atoms with E-state index in [0.29, 0.717) is 17.3 Å². The molecule has 0 aromatic carbocycles. The van der Waals surface area contributed by atoms with Gasteiger partial charge in [-0.3, -0.25) is 4.79 Å². The van der Waals surface area contributed by atoms with E-state index < -0.39 is 0 Å². The van der Waals surface area contributed by atoms with Crippen molar-refractivity contribution in [3.05, 3.63) is 41.7 Å². The fraction of sp³-hybridized carbons (Fsp3) is 0.273. The van der Waals surface area contributed by atoms with Crippen LogP contribution in [0.1, 0.15) is 17.4 Å². The number of aromatic nitrogens is 3. The number of aromatic amines is 1. The second kappa shape index (κ2) is 5.05. The Morgan fingerprint density at radius 3 is 3.12 bits per heavy atom. The molecule has 0 bridgehead atoms. The number of halogens is 1. The first-order valence-corrected chi connectivity index (χ1v) is 5.63. The van der Waals surface area contributed by atoms with Crippen LogP contribution < -0.4 is 5.32 Å². The van der Waals surface area contributed by atoms with Crippen LogP contribution in [0.4, 0.5) is 0 Å². The van der Waals surface area contributed by atoms with E-state index in [2.05, 4.69) is 15.3 Å². The summed E-state index contributed by atoms with van der Waals surface area (Å²) in [7, 11) is 0. The van der Waals surface area contributed by atoms with Gasteiger partial charge < -0.3 is 14.9 Å². The van der Waals surface area contributed by atoms with Gasteiger partial charge in [0.1, 0.15) is 5.69 Å². The van der Waals surface area contributed by atoms with Gasteiger partial charge in [-0.2, -0.15) is 0 Å². The Bertz CT molecular complexity index is 491. The van der Waals surface area contributed by atoms with Crippen molar-refractivity contribution >= 4 is 17.5 Å². The Labute approximate surface area is 104 Å². The molecule has 90 valence electrons. The van der Waals surface area contributed by atoms with Gasteiger partial charge in [-0.1, -0.05) is 11.6 Å². The minimum absolute atomic E-state index is 0.0128. The molecule has 0 saturated heterocycles. The van der Waals surface area contributed by atoms with Crippen LogP contribution in [0.3, 0.4) is 0 Å². The van der Waals surface area contributed by atoms with Gasteiger partial charge in [-0.05, 0) is 13.0 Å². The molecule has 0 aliphatic rings. The summed E-state index contributed by atoms with van der Waals surface area (Å²) in [6.07, 6.45) is 6.86. The van der Waals surface area contributed by atoms with E-state index in [1.54, 1.807) is 24.8 Å². The average molecular weight is 253 g/mol. The number of carbonyl (C=O) groups is 1. The predicted molar refractivity (Wildman–Crippen MR) is 65.0 cm³/mol. The molecular weight excluding hydrogens is 240 g/mol. The summed E-state index contributed by atoms with van der Waals surface area (Å²) in [4.78, 5) is 18.5. The number of hydrogen-bond donors (Lipinski definition) is 2. The van der Waals surface area contributed by atoms with Gasteiger partial charge in [0.05, 0.1) is 11.3 Å². The van der Waals surface area contributed by atoms with Crippen molar-refractivity contribution < 1.29 is 4.79 Å². The molecule has 2 aromatic heterocycles. The second-order valence-electron chi connectivity index (χ2n) is 3.87. The third kappa shape index (κ3) is 3.10. The Morgan fingerprint density at radius 2 is 2.53 bits per heavy atom. The lowest BCUT2D eigenvalue weighted by Gasteiger charge is -2.13. The number of H-pyrrole nitrogens is 1. The van der Waals surface area contributed by atoms with Gasteiger partial charge in [-0.15, -0.1) is 0 Å². The van der Waals surface area contributed by atoms with Crippen molar-refractivity contribution in [3.8, 4) is 0 Å². The standard InChI is InChI=1S/C11H13ClN4O/c1-8(6-16-3-2-13-7-16)15-11(17)10-4-9(12)5-14-10/h2-5,7-8,14H,6H2,1H3,(H,15,17). The number of imidazole rings is 1. The summed E-state index contributed by atoms with van der Waals surface area (Å²) in [6.45, 7) is 2.61. The normalized spacial score (nSPS) is 12.4. The maximum Gasteiger partial charge on any atom is 0.268 e. The summed E-state index contributed by atoms with van der Waals surface area (Å²) in [5.74, 6) is -0.162. The van der Waals surface area contributed by atoms with Crippen molar-refractivity contribution in [1.29, 1.82) is 0 Å². The van der Waals surface area contributed by atoms with Gasteiger partial charge >= 0.3 is 0 Å². The quantitative estimate of drug-likeness (QED) is 0.870. The second-order valence-corrected chi connectivity index (χ2v) is 4.30. The van der Waals surface area contributed by atoms with Gasteiger partial charge in [0.25, 0.3) is 5.91 Å². The van der Waals surface area contributed by atoms with E-state index in [0.717, 1.165) is 0 Å². The molecule has 1 unspecified atom stereocenters. The molecule has 5 nitrogen and oxygen atoms in total. The van der Waals surface area contributed by atoms with Crippen molar-refractivity contribution in [2.45, 2.75) is 19.5 Å². The average Bonchev–Trinajstić information content (AvgIpc) is 2.89. The van der Waals surface area contributed by atoms with Crippen molar-refractivity contribution in [2.24, 2.45) is 0 Å². The van der Waals surface area contributed by atoms with E-state index in [-0.39, 0.29) is 11.9 Å². The minimum Gasteiger partial charge on any atom is -0.356 e. The molecule has 0 saturated carbocycles. The van der Waals surface area contributed by atoms with Gasteiger partial charge in [0, 0.05) is 31.2 Å². The van der Waals surface area contributed by atoms with Crippen LogP contribution in [0.25, 0.3) is 0 Å². The van der Waals surface area contributed by atoms with E-state index in [9.17, 15) is 4.79 Å². The zero-order valence-electron chi connectivity index (χ0n) is 9.35. The topological polar surface area (TPSA) is 62.7 Å². The molecular formula is C11H13ClN4O. The molecule has 1 amide bonds. The molecule has 0 spiro atoms. The minimum atomic E-state index is -0.162. The lowest BCUT2D eigenvalue weighted by molar-refractivity contribution is 0.0932. The van der Waals surface area contributed by atoms with Crippen LogP contribution in [0.5, 0.6) is 0 Å². The molecule has 2 N–H and O–H groups in total. The van der Waals surface area contributed by atoms with Crippen LogP contribution in [-0.2, 0) is 6.54 Å². The van der Waals surface area contributed by atoms with E-state index >= 15 is 0 Å². The Kier molecular flexibility index (Phi) is 3.49. The molecule has 0 radical (unpaired) electrons. The first-order valence-electron chi connectivity index (χ1n) is 5.25. The van der Waals surface area contributed by atoms with Crippen molar-refractivity contribution in [1.82, 2.24) is 19.9 Å². The highest BCUT2D eigenvalue weighted by atomic mass is 35.5. The Balaban J connectivity index is 1.90. The number of nitrogens with one attached hydrogen (secondary N) is 2. The molecule has 1 atom stereocenters. The number of amides is 1. The summed E-state index contributed by atoms with van der Waals surface area (Å²) in [5.41, 5.74) is 0.465. The first-order chi connectivity index (χ1) is 8.15. The number of rotatable bonds is 4. The fourth-order valence-electron chi connectivity index (χ4n) is 1.56. The highest BCUT2D eigenvalue weighted by Crippen LogP contribution is 2.09. The lowest BCUT2D eigenvalue weighted by atomic mass is 10.3. The maximum atomic E-state index is 11.8. The van der Waals surface area contributed by atoms with Crippen LogP contribution in [0.15, 0.2) is 31.0 Å². The molecule has 0 aliphatic carbocycles. The van der Waals surface area contributed by atoms with Gasteiger partial charge in [0.2, 0.25) is 0 Å². The third-order valence-electron chi connectivity index (χ3n) is 2.31. The summed E-state index contributed by atoms with van der Waals surface area (Å²) < 4.78 is 1.91. The fourth-order valence-corrected chi connectivity index (χ4v) is 1.72. The first kappa shape index (κ1) is 11.7. The van der Waals surface area contributed by atoms with E-state index in [1.807, 2.05) is 17.7 Å². The van der Waals surface area contributed by atoms with Crippen LogP contribution in [0.2, 0.25) is 5.02 Å². The van der Waals surface area contributed by atoms with Crippen LogP contribution >= 0.6 is 11.6 Å².